The third-order valence-electron chi connectivity index (χ3n) is 4.58. The van der Waals surface area contributed by atoms with Gasteiger partial charge in [-0.25, -0.2) is 9.69 Å². The topological polar surface area (TPSA) is 87.6 Å². The molecular weight excluding hydrogens is 272 g/mol. The molecule has 0 aromatic carbocycles. The Hall–Kier alpha value is -2.24. The Morgan fingerprint density at radius 1 is 1.33 bits per heavy atom. The van der Waals surface area contributed by atoms with E-state index in [-0.39, 0.29) is 34.9 Å². The van der Waals surface area contributed by atoms with Gasteiger partial charge in [0.25, 0.3) is 0 Å². The maximum absolute atomic E-state index is 12.5. The second-order valence-electron chi connectivity index (χ2n) is 5.67. The van der Waals surface area contributed by atoms with Gasteiger partial charge < -0.3 is 5.11 Å². The molecule has 1 N–H and O–H groups in total. The number of carbonyl (C=O) groups is 3. The number of hydrogen-bond acceptors (Lipinski definition) is 4. The van der Waals surface area contributed by atoms with Crippen LogP contribution in [-0.4, -0.2) is 27.9 Å². The molecule has 2 unspecified atom stereocenters. The summed E-state index contributed by atoms with van der Waals surface area (Å²) >= 11 is 0. The average molecular weight is 288 g/mol. The second kappa shape index (κ2) is 4.95. The molecule has 6 heteroatoms. The summed E-state index contributed by atoms with van der Waals surface area (Å²) < 4.78 is 0. The number of carbonyl (C=O) groups excluding carboxylic acids is 2. The molecule has 1 aromatic rings. The molecule has 2 fully saturated rings. The Kier molecular flexibility index (Phi) is 3.23. The molecule has 0 spiro atoms. The number of carboxylic acids is 1. The van der Waals surface area contributed by atoms with Crippen molar-refractivity contribution in [2.45, 2.75) is 26.2 Å². The molecule has 2 amide bonds. The molecule has 0 radical (unpaired) electrons. The molecule has 1 saturated heterocycles. The van der Waals surface area contributed by atoms with E-state index in [2.05, 4.69) is 11.9 Å². The van der Waals surface area contributed by atoms with Crippen LogP contribution in [0.25, 0.3) is 0 Å². The molecule has 110 valence electrons. The highest BCUT2D eigenvalue weighted by Crippen LogP contribution is 2.45. The molecule has 21 heavy (non-hydrogen) atoms. The summed E-state index contributed by atoms with van der Waals surface area (Å²) in [6.07, 6.45) is 5.00. The molecular formula is C15H16N2O4. The van der Waals surface area contributed by atoms with Gasteiger partial charge in [0.15, 0.2) is 0 Å². The number of rotatable bonds is 3. The third kappa shape index (κ3) is 2.02. The van der Waals surface area contributed by atoms with Crippen LogP contribution in [0.2, 0.25) is 0 Å². The number of hydrogen-bond donors (Lipinski definition) is 1. The maximum atomic E-state index is 12.5. The third-order valence-corrected chi connectivity index (χ3v) is 4.58. The van der Waals surface area contributed by atoms with Crippen LogP contribution in [0, 0.1) is 17.8 Å². The number of carboxylic acid groups (broad SMARTS) is 1. The largest absolute Gasteiger partial charge is 0.478 e. The van der Waals surface area contributed by atoms with Crippen molar-refractivity contribution >= 4 is 23.5 Å². The minimum atomic E-state index is -1.17. The highest BCUT2D eigenvalue weighted by molar-refractivity contribution is 6.23. The zero-order valence-electron chi connectivity index (χ0n) is 11.7. The molecule has 1 aromatic heterocycles. The molecule has 2 aliphatic rings. The van der Waals surface area contributed by atoms with Crippen LogP contribution in [0.3, 0.4) is 0 Å². The van der Waals surface area contributed by atoms with Crippen molar-refractivity contribution in [3.05, 3.63) is 24.0 Å². The standard InChI is InChI=1S/C15H16N2O4/c1-2-8-5-10-11(6-8)14(19)17(13(10)18)12-7-16-4-3-9(12)15(20)21/h3-4,7-8,10-11H,2,5-6H2,1H3,(H,20,21). The van der Waals surface area contributed by atoms with Crippen molar-refractivity contribution < 1.29 is 19.5 Å². The highest BCUT2D eigenvalue weighted by atomic mass is 16.4. The minimum absolute atomic E-state index is 0.0706. The van der Waals surface area contributed by atoms with Crippen LogP contribution in [0.1, 0.15) is 36.5 Å². The summed E-state index contributed by atoms with van der Waals surface area (Å²) in [5.41, 5.74) is 0.0150. The lowest BCUT2D eigenvalue weighted by Crippen LogP contribution is -2.33. The molecule has 2 heterocycles. The quantitative estimate of drug-likeness (QED) is 0.855. The Bertz CT molecular complexity index is 604. The fourth-order valence-corrected chi connectivity index (χ4v) is 3.45. The van der Waals surface area contributed by atoms with Crippen molar-refractivity contribution in [3.8, 4) is 0 Å². The predicted molar refractivity (Wildman–Crippen MR) is 73.7 cm³/mol. The van der Waals surface area contributed by atoms with Gasteiger partial charge in [-0.15, -0.1) is 0 Å². The first kappa shape index (κ1) is 13.7. The minimum Gasteiger partial charge on any atom is -0.478 e. The van der Waals surface area contributed by atoms with Gasteiger partial charge in [-0.05, 0) is 24.8 Å². The molecule has 0 bridgehead atoms. The smallest absolute Gasteiger partial charge is 0.337 e. The molecule has 1 aliphatic heterocycles. The lowest BCUT2D eigenvalue weighted by molar-refractivity contribution is -0.123. The van der Waals surface area contributed by atoms with Crippen molar-refractivity contribution in [1.82, 2.24) is 4.98 Å². The SMILES string of the molecule is CCC1CC2C(=O)N(c3cnccc3C(=O)O)C(=O)C2C1. The van der Waals surface area contributed by atoms with E-state index in [9.17, 15) is 19.5 Å². The summed E-state index contributed by atoms with van der Waals surface area (Å²) in [5.74, 6) is -1.93. The Morgan fingerprint density at radius 2 is 1.95 bits per heavy atom. The van der Waals surface area contributed by atoms with Gasteiger partial charge in [0.2, 0.25) is 11.8 Å². The highest BCUT2D eigenvalue weighted by Gasteiger charge is 2.53. The van der Waals surface area contributed by atoms with E-state index in [1.165, 1.54) is 18.5 Å². The number of fused-ring (bicyclic) bond motifs is 1. The molecule has 1 aliphatic carbocycles. The first-order valence-electron chi connectivity index (χ1n) is 7.09. The summed E-state index contributed by atoms with van der Waals surface area (Å²) in [6.45, 7) is 2.06. The summed E-state index contributed by atoms with van der Waals surface area (Å²) in [4.78, 5) is 41.2. The number of amides is 2. The first-order valence-corrected chi connectivity index (χ1v) is 7.09. The van der Waals surface area contributed by atoms with Gasteiger partial charge >= 0.3 is 5.97 Å². The molecule has 1 saturated carbocycles. The first-order chi connectivity index (χ1) is 10.0. The lowest BCUT2D eigenvalue weighted by atomic mass is 10.00. The van der Waals surface area contributed by atoms with Crippen LogP contribution >= 0.6 is 0 Å². The lowest BCUT2D eigenvalue weighted by Gasteiger charge is -2.18. The predicted octanol–water partition coefficient (Wildman–Crippen LogP) is 1.71. The van der Waals surface area contributed by atoms with Gasteiger partial charge in [0.1, 0.15) is 0 Å². The fraction of sp³-hybridized carbons (Fsp3) is 0.467. The molecule has 2 atom stereocenters. The van der Waals surface area contributed by atoms with Crippen molar-refractivity contribution in [1.29, 1.82) is 0 Å². The molecule has 6 nitrogen and oxygen atoms in total. The molecule has 3 rings (SSSR count). The number of aromatic carboxylic acids is 1. The fourth-order valence-electron chi connectivity index (χ4n) is 3.45. The zero-order valence-corrected chi connectivity index (χ0v) is 11.7. The van der Waals surface area contributed by atoms with E-state index < -0.39 is 5.97 Å². The van der Waals surface area contributed by atoms with Gasteiger partial charge in [0, 0.05) is 6.20 Å². The van der Waals surface area contributed by atoms with Crippen LogP contribution < -0.4 is 4.90 Å². The van der Waals surface area contributed by atoms with E-state index in [4.69, 9.17) is 0 Å². The van der Waals surface area contributed by atoms with Crippen LogP contribution in [0.15, 0.2) is 18.5 Å². The normalized spacial score (nSPS) is 28.0. The van der Waals surface area contributed by atoms with E-state index >= 15 is 0 Å². The summed E-state index contributed by atoms with van der Waals surface area (Å²) in [7, 11) is 0. The van der Waals surface area contributed by atoms with Crippen LogP contribution in [-0.2, 0) is 9.59 Å². The Morgan fingerprint density at radius 3 is 2.48 bits per heavy atom. The van der Waals surface area contributed by atoms with E-state index in [1.54, 1.807) is 0 Å². The summed E-state index contributed by atoms with van der Waals surface area (Å²) in [5, 5.41) is 9.20. The van der Waals surface area contributed by atoms with Crippen LogP contribution in [0.4, 0.5) is 5.69 Å². The van der Waals surface area contributed by atoms with Crippen LogP contribution in [0.5, 0.6) is 0 Å². The zero-order chi connectivity index (χ0) is 15.1. The van der Waals surface area contributed by atoms with E-state index in [0.29, 0.717) is 18.8 Å². The monoisotopic (exact) mass is 288 g/mol. The van der Waals surface area contributed by atoms with E-state index in [1.807, 2.05) is 0 Å². The number of pyridine rings is 1. The maximum Gasteiger partial charge on any atom is 0.337 e. The Balaban J connectivity index is 1.98. The number of nitrogens with zero attached hydrogens (tertiary/aromatic N) is 2. The van der Waals surface area contributed by atoms with Crippen molar-refractivity contribution in [3.63, 3.8) is 0 Å². The second-order valence-corrected chi connectivity index (χ2v) is 5.67. The average Bonchev–Trinajstić information content (AvgIpc) is 2.99. The number of anilines is 1. The van der Waals surface area contributed by atoms with Crippen molar-refractivity contribution in [2.75, 3.05) is 4.90 Å². The number of aromatic nitrogens is 1. The Labute approximate surface area is 121 Å². The number of imide groups is 1. The van der Waals surface area contributed by atoms with Gasteiger partial charge in [-0.3, -0.25) is 14.6 Å². The van der Waals surface area contributed by atoms with Gasteiger partial charge in [0.05, 0.1) is 29.3 Å². The summed E-state index contributed by atoms with van der Waals surface area (Å²) in [6, 6.07) is 1.31. The van der Waals surface area contributed by atoms with Gasteiger partial charge in [-0.2, -0.15) is 0 Å². The van der Waals surface area contributed by atoms with E-state index in [0.717, 1.165) is 11.3 Å². The van der Waals surface area contributed by atoms with Crippen molar-refractivity contribution in [2.24, 2.45) is 17.8 Å². The van der Waals surface area contributed by atoms with Gasteiger partial charge in [-0.1, -0.05) is 13.3 Å².